The van der Waals surface area contributed by atoms with Gasteiger partial charge in [-0.05, 0) is 86.8 Å². The van der Waals surface area contributed by atoms with Crippen LogP contribution in [-0.4, -0.2) is 54.2 Å². The predicted octanol–water partition coefficient (Wildman–Crippen LogP) is 3.21. The Morgan fingerprint density at radius 3 is 2.16 bits per heavy atom. The maximum atomic E-state index is 13.2. The van der Waals surface area contributed by atoms with Crippen molar-refractivity contribution in [1.29, 1.82) is 0 Å². The van der Waals surface area contributed by atoms with Gasteiger partial charge in [-0.2, -0.15) is 0 Å². The molecule has 6 heteroatoms. The van der Waals surface area contributed by atoms with Crippen molar-refractivity contribution in [2.24, 2.45) is 23.2 Å². The zero-order chi connectivity index (χ0) is 22.5. The predicted molar refractivity (Wildman–Crippen MR) is 122 cm³/mol. The second-order valence-electron chi connectivity index (χ2n) is 11.0. The molecule has 1 N–H and O–H groups in total. The number of carbonyl (C=O) groups is 3. The number of nitrogens with one attached hydrogen (secondary N) is 1. The number of benzene rings is 1. The van der Waals surface area contributed by atoms with E-state index in [2.05, 4.69) is 5.32 Å². The van der Waals surface area contributed by atoms with Gasteiger partial charge >= 0.3 is 0 Å². The third-order valence-electron chi connectivity index (χ3n) is 8.41. The number of likely N-dealkylation sites (tertiary alicyclic amines) is 1. The maximum Gasteiger partial charge on any atom is 0.254 e. The summed E-state index contributed by atoms with van der Waals surface area (Å²) >= 11 is 0. The first-order chi connectivity index (χ1) is 15.3. The van der Waals surface area contributed by atoms with E-state index < -0.39 is 0 Å². The fourth-order valence-corrected chi connectivity index (χ4v) is 7.25. The summed E-state index contributed by atoms with van der Waals surface area (Å²) in [6, 6.07) is 7.13. The molecule has 1 aromatic carbocycles. The first-order valence-corrected chi connectivity index (χ1v) is 12.2. The number of likely N-dealkylation sites (N-methyl/N-ethyl adjacent to an activating group) is 1. The van der Waals surface area contributed by atoms with Crippen molar-refractivity contribution in [3.63, 3.8) is 0 Å². The highest BCUT2D eigenvalue weighted by Crippen LogP contribution is 2.60. The third-order valence-corrected chi connectivity index (χ3v) is 8.41. The van der Waals surface area contributed by atoms with E-state index in [-0.39, 0.29) is 29.2 Å². The Bertz CT molecular complexity index is 872. The Morgan fingerprint density at radius 2 is 1.59 bits per heavy atom. The fourth-order valence-electron chi connectivity index (χ4n) is 7.25. The molecule has 1 atom stereocenters. The molecule has 0 radical (unpaired) electrons. The second kappa shape index (κ2) is 8.20. The quantitative estimate of drug-likeness (QED) is 0.769. The van der Waals surface area contributed by atoms with Gasteiger partial charge in [0.1, 0.15) is 6.04 Å². The van der Waals surface area contributed by atoms with Crippen LogP contribution in [-0.2, 0) is 16.1 Å². The average Bonchev–Trinajstić information content (AvgIpc) is 3.25. The third kappa shape index (κ3) is 3.82. The molecule has 5 aliphatic rings. The van der Waals surface area contributed by atoms with Crippen molar-refractivity contribution in [3.05, 3.63) is 35.4 Å². The number of carbonyl (C=O) groups excluding carboxylic acids is 3. The van der Waals surface area contributed by atoms with Gasteiger partial charge in [-0.15, -0.1) is 0 Å². The molecule has 0 aromatic heterocycles. The molecule has 5 fully saturated rings. The number of amides is 3. The fraction of sp³-hybridized carbons (Fsp3) is 0.654. The van der Waals surface area contributed by atoms with E-state index in [9.17, 15) is 14.4 Å². The summed E-state index contributed by atoms with van der Waals surface area (Å²) in [6.45, 7) is 1.12. The van der Waals surface area contributed by atoms with Gasteiger partial charge in [-0.25, -0.2) is 0 Å². The molecule has 1 aliphatic heterocycles. The lowest BCUT2D eigenvalue weighted by Crippen LogP contribution is -2.53. The van der Waals surface area contributed by atoms with Gasteiger partial charge in [-0.3, -0.25) is 14.4 Å². The highest BCUT2D eigenvalue weighted by atomic mass is 16.2. The standard InChI is InChI=1S/C26H35N3O3/c1-28(2)24(31)22-4-3-9-29(22)23(30)21-7-5-17(6-8-21)16-27-25(32)26-13-18-10-19(14-26)12-20(11-18)15-26/h5-8,18-20,22H,3-4,9-16H2,1-2H3,(H,27,32). The van der Waals surface area contributed by atoms with Crippen LogP contribution in [0.3, 0.4) is 0 Å². The molecule has 4 aliphatic carbocycles. The summed E-state index contributed by atoms with van der Waals surface area (Å²) in [5.41, 5.74) is 1.47. The molecule has 32 heavy (non-hydrogen) atoms. The van der Waals surface area contributed by atoms with Crippen molar-refractivity contribution < 1.29 is 14.4 Å². The molecule has 6 nitrogen and oxygen atoms in total. The number of rotatable bonds is 5. The van der Waals surface area contributed by atoms with Crippen molar-refractivity contribution >= 4 is 17.7 Å². The van der Waals surface area contributed by atoms with Crippen LogP contribution < -0.4 is 5.32 Å². The smallest absolute Gasteiger partial charge is 0.254 e. The molecule has 6 rings (SSSR count). The van der Waals surface area contributed by atoms with Gasteiger partial charge in [0, 0.05) is 38.2 Å². The number of nitrogens with zero attached hydrogens (tertiary/aromatic N) is 2. The van der Waals surface area contributed by atoms with E-state index in [1.807, 2.05) is 24.3 Å². The molecular formula is C26H35N3O3. The normalized spacial score (nSPS) is 32.8. The van der Waals surface area contributed by atoms with Gasteiger partial charge in [0.15, 0.2) is 0 Å². The van der Waals surface area contributed by atoms with Crippen molar-refractivity contribution in [2.75, 3.05) is 20.6 Å². The van der Waals surface area contributed by atoms with Crippen molar-refractivity contribution in [3.8, 4) is 0 Å². The summed E-state index contributed by atoms with van der Waals surface area (Å²) in [5, 5.41) is 3.21. The zero-order valence-corrected chi connectivity index (χ0v) is 19.3. The molecule has 3 amide bonds. The van der Waals surface area contributed by atoms with E-state index in [0.29, 0.717) is 18.7 Å². The minimum Gasteiger partial charge on any atom is -0.352 e. The van der Waals surface area contributed by atoms with E-state index >= 15 is 0 Å². The van der Waals surface area contributed by atoms with Gasteiger partial charge in [0.25, 0.3) is 5.91 Å². The SMILES string of the molecule is CN(C)C(=O)C1CCCN1C(=O)c1ccc(CNC(=O)C23CC4CC(CC(C4)C2)C3)cc1. The minimum atomic E-state index is -0.364. The maximum absolute atomic E-state index is 13.2. The summed E-state index contributed by atoms with van der Waals surface area (Å²) in [4.78, 5) is 41.8. The van der Waals surface area contributed by atoms with Crippen LogP contribution in [0.4, 0.5) is 0 Å². The van der Waals surface area contributed by atoms with Crippen LogP contribution in [0, 0.1) is 23.2 Å². The summed E-state index contributed by atoms with van der Waals surface area (Å²) < 4.78 is 0. The Hall–Kier alpha value is -2.37. The van der Waals surface area contributed by atoms with Gasteiger partial charge in [0.05, 0.1) is 0 Å². The number of hydrogen-bond donors (Lipinski definition) is 1. The van der Waals surface area contributed by atoms with Crippen LogP contribution in [0.15, 0.2) is 24.3 Å². The van der Waals surface area contributed by atoms with Crippen LogP contribution in [0.2, 0.25) is 0 Å². The van der Waals surface area contributed by atoms with Crippen LogP contribution in [0.5, 0.6) is 0 Å². The zero-order valence-electron chi connectivity index (χ0n) is 19.3. The van der Waals surface area contributed by atoms with E-state index in [1.165, 1.54) is 19.3 Å². The topological polar surface area (TPSA) is 69.7 Å². The van der Waals surface area contributed by atoms with E-state index in [1.54, 1.807) is 23.9 Å². The highest BCUT2D eigenvalue weighted by molar-refractivity contribution is 5.98. The Balaban J connectivity index is 1.20. The van der Waals surface area contributed by atoms with Crippen LogP contribution >= 0.6 is 0 Å². The monoisotopic (exact) mass is 437 g/mol. The molecule has 4 bridgehead atoms. The largest absolute Gasteiger partial charge is 0.352 e. The summed E-state index contributed by atoms with van der Waals surface area (Å²) in [6.07, 6.45) is 8.78. The van der Waals surface area contributed by atoms with Gasteiger partial charge < -0.3 is 15.1 Å². The van der Waals surface area contributed by atoms with Crippen molar-refractivity contribution in [1.82, 2.24) is 15.1 Å². The molecule has 1 aromatic rings. The summed E-state index contributed by atoms with van der Waals surface area (Å²) in [5.74, 6) is 2.40. The molecule has 1 unspecified atom stereocenters. The van der Waals surface area contributed by atoms with E-state index in [4.69, 9.17) is 0 Å². The lowest BCUT2D eigenvalue weighted by atomic mass is 9.49. The summed E-state index contributed by atoms with van der Waals surface area (Å²) in [7, 11) is 3.46. The second-order valence-corrected chi connectivity index (χ2v) is 11.0. The Kier molecular flexibility index (Phi) is 5.50. The Morgan fingerprint density at radius 1 is 1.00 bits per heavy atom. The molecule has 4 saturated carbocycles. The van der Waals surface area contributed by atoms with Crippen molar-refractivity contribution in [2.45, 2.75) is 64.0 Å². The molecule has 1 heterocycles. The molecule has 0 spiro atoms. The minimum absolute atomic E-state index is 0.0140. The van der Waals surface area contributed by atoms with E-state index in [0.717, 1.165) is 55.4 Å². The Labute approximate surface area is 190 Å². The molecule has 172 valence electrons. The van der Waals surface area contributed by atoms with Crippen LogP contribution in [0.25, 0.3) is 0 Å². The first kappa shape index (κ1) is 21.5. The first-order valence-electron chi connectivity index (χ1n) is 12.2. The van der Waals surface area contributed by atoms with Gasteiger partial charge in [0.2, 0.25) is 11.8 Å². The molecule has 1 saturated heterocycles. The van der Waals surface area contributed by atoms with Crippen LogP contribution in [0.1, 0.15) is 67.3 Å². The number of hydrogen-bond acceptors (Lipinski definition) is 3. The lowest BCUT2D eigenvalue weighted by molar-refractivity contribution is -0.146. The average molecular weight is 438 g/mol. The highest BCUT2D eigenvalue weighted by Gasteiger charge is 2.54. The molecular weight excluding hydrogens is 402 g/mol. The lowest BCUT2D eigenvalue weighted by Gasteiger charge is -2.55. The van der Waals surface area contributed by atoms with Gasteiger partial charge in [-0.1, -0.05) is 12.1 Å².